The summed E-state index contributed by atoms with van der Waals surface area (Å²) in [7, 11) is 1.60. The van der Waals surface area contributed by atoms with E-state index in [1.54, 1.807) is 13.2 Å². The lowest BCUT2D eigenvalue weighted by Crippen LogP contribution is -2.40. The molecule has 1 aliphatic heterocycles. The molecule has 0 atom stereocenters. The minimum Gasteiger partial charge on any atom is -0.369 e. The minimum atomic E-state index is -0.256. The number of hydrogen-bond donors (Lipinski definition) is 1. The van der Waals surface area contributed by atoms with Gasteiger partial charge >= 0.3 is 0 Å². The molecule has 1 aliphatic rings. The van der Waals surface area contributed by atoms with Crippen molar-refractivity contribution >= 4 is 23.1 Å². The molecule has 6 nitrogen and oxygen atoms in total. The molecule has 0 aliphatic carbocycles. The monoisotopic (exact) mass is 333 g/mol. The molecular weight excluding hydrogens is 314 g/mol. The normalized spacial score (nSPS) is 15.7. The van der Waals surface area contributed by atoms with Crippen LogP contribution in [0.2, 0.25) is 5.02 Å². The van der Waals surface area contributed by atoms with Crippen molar-refractivity contribution in [2.24, 2.45) is 7.05 Å². The standard InChI is InChI=1S/C16H20ClN5O/c1-11-4-3-5-14(19-11)20-12-6-8-22(9-7-12)13-10-18-21(2)16(23)15(13)17/h3-5,10,12H,6-9H2,1-2H3,(H,19,20). The van der Waals surface area contributed by atoms with Crippen LogP contribution in [-0.2, 0) is 7.05 Å². The largest absolute Gasteiger partial charge is 0.369 e. The molecule has 0 spiro atoms. The van der Waals surface area contributed by atoms with Crippen LogP contribution in [0.1, 0.15) is 18.5 Å². The second-order valence-electron chi connectivity index (χ2n) is 5.84. The van der Waals surface area contributed by atoms with Crippen LogP contribution in [-0.4, -0.2) is 33.9 Å². The summed E-state index contributed by atoms with van der Waals surface area (Å²) in [5, 5.41) is 7.78. The van der Waals surface area contributed by atoms with Gasteiger partial charge < -0.3 is 10.2 Å². The van der Waals surface area contributed by atoms with E-state index in [0.29, 0.717) is 6.04 Å². The number of hydrogen-bond acceptors (Lipinski definition) is 5. The molecule has 0 aromatic carbocycles. The Bertz CT molecular complexity index is 752. The maximum Gasteiger partial charge on any atom is 0.287 e. The summed E-state index contributed by atoms with van der Waals surface area (Å²) in [6.45, 7) is 3.65. The Labute approximate surface area is 140 Å². The fourth-order valence-electron chi connectivity index (χ4n) is 2.82. The Morgan fingerprint density at radius 3 is 2.74 bits per heavy atom. The maximum absolute atomic E-state index is 11.9. The van der Waals surface area contributed by atoms with E-state index >= 15 is 0 Å². The third-order valence-corrected chi connectivity index (χ3v) is 4.49. The summed E-state index contributed by atoms with van der Waals surface area (Å²) in [6, 6.07) is 6.35. The van der Waals surface area contributed by atoms with Gasteiger partial charge in [-0.2, -0.15) is 5.10 Å². The van der Waals surface area contributed by atoms with Crippen LogP contribution in [0.15, 0.2) is 29.2 Å². The Hall–Kier alpha value is -2.08. The fraction of sp³-hybridized carbons (Fsp3) is 0.438. The Balaban J connectivity index is 1.65. The molecule has 0 unspecified atom stereocenters. The number of aromatic nitrogens is 3. The number of rotatable bonds is 3. The molecule has 0 saturated carbocycles. The van der Waals surface area contributed by atoms with Crippen molar-refractivity contribution in [1.82, 2.24) is 14.8 Å². The summed E-state index contributed by atoms with van der Waals surface area (Å²) in [5.74, 6) is 0.914. The van der Waals surface area contributed by atoms with Gasteiger partial charge in [0.2, 0.25) is 0 Å². The van der Waals surface area contributed by atoms with Crippen molar-refractivity contribution in [3.8, 4) is 0 Å². The summed E-state index contributed by atoms with van der Waals surface area (Å²) < 4.78 is 1.25. The van der Waals surface area contributed by atoms with Crippen LogP contribution in [0, 0.1) is 6.92 Å². The summed E-state index contributed by atoms with van der Waals surface area (Å²) in [6.07, 6.45) is 3.59. The summed E-state index contributed by atoms with van der Waals surface area (Å²) >= 11 is 6.17. The summed E-state index contributed by atoms with van der Waals surface area (Å²) in [4.78, 5) is 18.5. The van der Waals surface area contributed by atoms with E-state index in [-0.39, 0.29) is 10.6 Å². The van der Waals surface area contributed by atoms with E-state index in [4.69, 9.17) is 11.6 Å². The number of nitrogens with zero attached hydrogens (tertiary/aromatic N) is 4. The van der Waals surface area contributed by atoms with Gasteiger partial charge in [-0.15, -0.1) is 0 Å². The number of anilines is 2. The minimum absolute atomic E-state index is 0.245. The number of nitrogens with one attached hydrogen (secondary N) is 1. The lowest BCUT2D eigenvalue weighted by molar-refractivity contribution is 0.523. The van der Waals surface area contributed by atoms with Crippen molar-refractivity contribution in [3.05, 3.63) is 45.5 Å². The van der Waals surface area contributed by atoms with Gasteiger partial charge in [0.15, 0.2) is 0 Å². The van der Waals surface area contributed by atoms with Gasteiger partial charge in [0.1, 0.15) is 10.8 Å². The molecule has 122 valence electrons. The number of pyridine rings is 1. The van der Waals surface area contributed by atoms with Gasteiger partial charge in [-0.05, 0) is 31.9 Å². The molecule has 0 amide bonds. The highest BCUT2D eigenvalue weighted by molar-refractivity contribution is 6.33. The maximum atomic E-state index is 11.9. The topological polar surface area (TPSA) is 63.1 Å². The zero-order valence-corrected chi connectivity index (χ0v) is 14.0. The number of piperidine rings is 1. The van der Waals surface area contributed by atoms with Crippen LogP contribution >= 0.6 is 11.6 Å². The summed E-state index contributed by atoms with van der Waals surface area (Å²) in [5.41, 5.74) is 1.47. The van der Waals surface area contributed by atoms with Crippen molar-refractivity contribution < 1.29 is 0 Å². The highest BCUT2D eigenvalue weighted by Gasteiger charge is 2.22. The Morgan fingerprint density at radius 1 is 1.30 bits per heavy atom. The first-order valence-electron chi connectivity index (χ1n) is 7.71. The quantitative estimate of drug-likeness (QED) is 0.933. The number of halogens is 1. The molecule has 0 bridgehead atoms. The molecule has 0 radical (unpaired) electrons. The van der Waals surface area contributed by atoms with Gasteiger partial charge in [0.05, 0.1) is 11.9 Å². The molecule has 7 heteroatoms. The molecule has 3 rings (SSSR count). The van der Waals surface area contributed by atoms with E-state index in [1.165, 1.54) is 4.68 Å². The van der Waals surface area contributed by atoms with Crippen molar-refractivity contribution in [2.75, 3.05) is 23.3 Å². The smallest absolute Gasteiger partial charge is 0.287 e. The predicted octanol–water partition coefficient (Wildman–Crippen LogP) is 2.22. The first-order chi connectivity index (χ1) is 11.0. The molecule has 2 aromatic heterocycles. The first kappa shape index (κ1) is 15.8. The SMILES string of the molecule is Cc1cccc(NC2CCN(c3cnn(C)c(=O)c3Cl)CC2)n1. The zero-order chi connectivity index (χ0) is 16.4. The highest BCUT2D eigenvalue weighted by Crippen LogP contribution is 2.25. The Kier molecular flexibility index (Phi) is 4.52. The predicted molar refractivity (Wildman–Crippen MR) is 92.3 cm³/mol. The molecule has 1 saturated heterocycles. The van der Waals surface area contributed by atoms with Crippen molar-refractivity contribution in [3.63, 3.8) is 0 Å². The average Bonchev–Trinajstić information content (AvgIpc) is 2.54. The van der Waals surface area contributed by atoms with Crippen molar-refractivity contribution in [2.45, 2.75) is 25.8 Å². The second-order valence-corrected chi connectivity index (χ2v) is 6.22. The molecule has 3 heterocycles. The van der Waals surface area contributed by atoms with Crippen LogP contribution in [0.4, 0.5) is 11.5 Å². The van der Waals surface area contributed by atoms with Gasteiger partial charge in [0, 0.05) is 31.9 Å². The molecule has 1 fully saturated rings. The van der Waals surface area contributed by atoms with E-state index in [9.17, 15) is 4.79 Å². The van der Waals surface area contributed by atoms with E-state index in [2.05, 4.69) is 20.3 Å². The molecular formula is C16H20ClN5O. The van der Waals surface area contributed by atoms with E-state index < -0.39 is 0 Å². The lowest BCUT2D eigenvalue weighted by atomic mass is 10.0. The van der Waals surface area contributed by atoms with Crippen LogP contribution in [0.25, 0.3) is 0 Å². The number of aryl methyl sites for hydroxylation is 2. The van der Waals surface area contributed by atoms with Crippen LogP contribution in [0.5, 0.6) is 0 Å². The first-order valence-corrected chi connectivity index (χ1v) is 8.09. The van der Waals surface area contributed by atoms with Crippen LogP contribution < -0.4 is 15.8 Å². The van der Waals surface area contributed by atoms with E-state index in [1.807, 2.05) is 25.1 Å². The molecule has 2 aromatic rings. The third kappa shape index (κ3) is 3.47. The Morgan fingerprint density at radius 2 is 2.04 bits per heavy atom. The fourth-order valence-corrected chi connectivity index (χ4v) is 3.11. The van der Waals surface area contributed by atoms with Gasteiger partial charge in [-0.25, -0.2) is 9.67 Å². The average molecular weight is 334 g/mol. The highest BCUT2D eigenvalue weighted by atomic mass is 35.5. The van der Waals surface area contributed by atoms with Gasteiger partial charge in [0.25, 0.3) is 5.56 Å². The second kappa shape index (κ2) is 6.58. The van der Waals surface area contributed by atoms with Crippen molar-refractivity contribution in [1.29, 1.82) is 0 Å². The molecule has 1 N–H and O–H groups in total. The van der Waals surface area contributed by atoms with E-state index in [0.717, 1.165) is 43.1 Å². The molecule has 23 heavy (non-hydrogen) atoms. The van der Waals surface area contributed by atoms with Gasteiger partial charge in [-0.1, -0.05) is 17.7 Å². The zero-order valence-electron chi connectivity index (χ0n) is 13.3. The van der Waals surface area contributed by atoms with Crippen LogP contribution in [0.3, 0.4) is 0 Å². The third-order valence-electron chi connectivity index (χ3n) is 4.14. The van der Waals surface area contributed by atoms with Gasteiger partial charge in [-0.3, -0.25) is 4.79 Å². The lowest BCUT2D eigenvalue weighted by Gasteiger charge is -2.34.